The van der Waals surface area contributed by atoms with E-state index in [1.165, 1.54) is 54.1 Å². The van der Waals surface area contributed by atoms with Crippen LogP contribution in [0.5, 0.6) is 0 Å². The van der Waals surface area contributed by atoms with Crippen LogP contribution in [0.1, 0.15) is 50.7 Å². The van der Waals surface area contributed by atoms with Gasteiger partial charge in [-0.25, -0.2) is 4.98 Å². The highest BCUT2D eigenvalue weighted by Crippen LogP contribution is 2.56. The zero-order chi connectivity index (χ0) is 26.3. The first kappa shape index (κ1) is 23.2. The molecule has 8 rings (SSSR count). The van der Waals surface area contributed by atoms with Crippen molar-refractivity contribution >= 4 is 48.7 Å². The molecule has 1 aromatic heterocycles. The molecule has 1 nitrogen and oxygen atoms in total. The van der Waals surface area contributed by atoms with Crippen molar-refractivity contribution in [2.24, 2.45) is 5.41 Å². The lowest BCUT2D eigenvalue weighted by Crippen LogP contribution is -2.16. The summed E-state index contributed by atoms with van der Waals surface area (Å²) in [6.07, 6.45) is 11.9. The van der Waals surface area contributed by atoms with Crippen molar-refractivity contribution in [2.45, 2.75) is 46.5 Å². The van der Waals surface area contributed by atoms with Crippen molar-refractivity contribution in [1.29, 1.82) is 0 Å². The Morgan fingerprint density at radius 3 is 2.41 bits per heavy atom. The molecular weight excluding hydrogens is 490 g/mol. The van der Waals surface area contributed by atoms with Crippen molar-refractivity contribution in [2.75, 3.05) is 0 Å². The third-order valence-electron chi connectivity index (χ3n) is 9.22. The Morgan fingerprint density at radius 2 is 1.56 bits per heavy atom. The van der Waals surface area contributed by atoms with Crippen LogP contribution in [-0.2, 0) is 0 Å². The highest BCUT2D eigenvalue weighted by molar-refractivity contribution is 7.21. The third-order valence-corrected chi connectivity index (χ3v) is 10.3. The van der Waals surface area contributed by atoms with Gasteiger partial charge in [0.05, 0.1) is 10.2 Å². The minimum absolute atomic E-state index is 0.140. The second-order valence-corrected chi connectivity index (χ2v) is 12.9. The molecule has 0 radical (unpaired) electrons. The molecule has 0 unspecified atom stereocenters. The van der Waals surface area contributed by atoms with Crippen LogP contribution < -0.4 is 0 Å². The van der Waals surface area contributed by atoms with Crippen LogP contribution in [0.25, 0.3) is 47.9 Å². The first-order valence-electron chi connectivity index (χ1n) is 14.2. The number of benzene rings is 4. The number of aromatic nitrogens is 1. The number of hydrogen-bond acceptors (Lipinski definition) is 2. The number of rotatable bonds is 2. The van der Waals surface area contributed by atoms with Crippen molar-refractivity contribution in [3.63, 3.8) is 0 Å². The molecule has 0 aliphatic heterocycles. The molecule has 0 spiro atoms. The highest BCUT2D eigenvalue weighted by atomic mass is 32.1. The van der Waals surface area contributed by atoms with Gasteiger partial charge in [-0.3, -0.25) is 0 Å². The summed E-state index contributed by atoms with van der Waals surface area (Å²) in [7, 11) is 0. The van der Waals surface area contributed by atoms with E-state index in [4.69, 9.17) is 4.98 Å². The zero-order valence-corrected chi connectivity index (χ0v) is 23.6. The maximum absolute atomic E-state index is 5.14. The lowest BCUT2D eigenvalue weighted by atomic mass is 9.75. The van der Waals surface area contributed by atoms with Gasteiger partial charge in [-0.1, -0.05) is 97.8 Å². The van der Waals surface area contributed by atoms with Gasteiger partial charge in [0.1, 0.15) is 5.01 Å². The van der Waals surface area contributed by atoms with Gasteiger partial charge in [0, 0.05) is 11.0 Å². The Kier molecular flexibility index (Phi) is 4.97. The molecule has 0 saturated heterocycles. The second-order valence-electron chi connectivity index (χ2n) is 11.9. The van der Waals surface area contributed by atoms with E-state index < -0.39 is 0 Å². The Morgan fingerprint density at radius 1 is 0.795 bits per heavy atom. The maximum Gasteiger partial charge on any atom is 0.125 e. The maximum atomic E-state index is 5.14. The average Bonchev–Trinajstić information content (AvgIpc) is 3.48. The van der Waals surface area contributed by atoms with E-state index in [1.54, 1.807) is 28.1 Å². The molecular formula is C37H31NS. The normalized spacial score (nSPS) is 18.3. The SMILES string of the molecule is Cc1ccc2c(-c3nc4ccccc4s3)c3ccccc3c(C3=CC4=C(CC3)C(C)(C)C3=C4CCC=C3)c2c1. The lowest BCUT2D eigenvalue weighted by Gasteiger charge is -2.29. The smallest absolute Gasteiger partial charge is 0.125 e. The molecule has 0 N–H and O–H groups in total. The van der Waals surface area contributed by atoms with Gasteiger partial charge in [-0.05, 0) is 94.1 Å². The molecule has 5 aromatic rings. The van der Waals surface area contributed by atoms with E-state index in [0.29, 0.717) is 0 Å². The van der Waals surface area contributed by atoms with Crippen molar-refractivity contribution < 1.29 is 0 Å². The van der Waals surface area contributed by atoms with Crippen LogP contribution in [0.2, 0.25) is 0 Å². The lowest BCUT2D eigenvalue weighted by molar-refractivity contribution is 0.534. The summed E-state index contributed by atoms with van der Waals surface area (Å²) in [6.45, 7) is 7.08. The summed E-state index contributed by atoms with van der Waals surface area (Å²) in [5, 5.41) is 6.41. The Bertz CT molecular complexity index is 1960. The van der Waals surface area contributed by atoms with Crippen molar-refractivity contribution in [3.05, 3.63) is 118 Å². The largest absolute Gasteiger partial charge is 0.236 e. The fourth-order valence-corrected chi connectivity index (χ4v) is 8.42. The molecule has 3 aliphatic rings. The molecule has 4 aromatic carbocycles. The van der Waals surface area contributed by atoms with Crippen LogP contribution >= 0.6 is 11.3 Å². The molecule has 0 amide bonds. The monoisotopic (exact) mass is 521 g/mol. The van der Waals surface area contributed by atoms with E-state index in [9.17, 15) is 0 Å². The molecule has 0 saturated carbocycles. The Labute approximate surface area is 233 Å². The molecule has 3 aliphatic carbocycles. The Balaban J connectivity index is 1.43. The van der Waals surface area contributed by atoms with E-state index in [2.05, 4.69) is 106 Å². The quantitative estimate of drug-likeness (QED) is 0.211. The first-order valence-corrected chi connectivity index (χ1v) is 15.0. The van der Waals surface area contributed by atoms with E-state index >= 15 is 0 Å². The van der Waals surface area contributed by atoms with Gasteiger partial charge in [0.25, 0.3) is 0 Å². The molecule has 0 fully saturated rings. The summed E-state index contributed by atoms with van der Waals surface area (Å²) in [6, 6.07) is 24.5. The van der Waals surface area contributed by atoms with E-state index in [0.717, 1.165) is 36.2 Å². The zero-order valence-electron chi connectivity index (χ0n) is 22.8. The minimum atomic E-state index is 0.140. The summed E-state index contributed by atoms with van der Waals surface area (Å²) in [5.74, 6) is 0. The number of para-hydroxylation sites is 1. The second kappa shape index (κ2) is 8.37. The number of fused-ring (bicyclic) bond motifs is 4. The van der Waals surface area contributed by atoms with Crippen LogP contribution in [0.3, 0.4) is 0 Å². The predicted octanol–water partition coefficient (Wildman–Crippen LogP) is 10.7. The van der Waals surface area contributed by atoms with Gasteiger partial charge in [-0.15, -0.1) is 11.3 Å². The van der Waals surface area contributed by atoms with Gasteiger partial charge < -0.3 is 0 Å². The molecule has 0 bridgehead atoms. The number of nitrogens with zero attached hydrogens (tertiary/aromatic N) is 1. The van der Waals surface area contributed by atoms with Gasteiger partial charge in [0.2, 0.25) is 0 Å². The molecule has 190 valence electrons. The average molecular weight is 522 g/mol. The minimum Gasteiger partial charge on any atom is -0.236 e. The topological polar surface area (TPSA) is 12.9 Å². The summed E-state index contributed by atoms with van der Waals surface area (Å²) in [4.78, 5) is 5.14. The first-order chi connectivity index (χ1) is 19.0. The fraction of sp³-hybridized carbons (Fsp3) is 0.216. The predicted molar refractivity (Wildman–Crippen MR) is 168 cm³/mol. The third kappa shape index (κ3) is 3.34. The molecule has 0 atom stereocenters. The fourth-order valence-electron chi connectivity index (χ4n) is 7.38. The van der Waals surface area contributed by atoms with Crippen molar-refractivity contribution in [3.8, 4) is 10.6 Å². The van der Waals surface area contributed by atoms with E-state index in [-0.39, 0.29) is 5.41 Å². The van der Waals surface area contributed by atoms with Crippen molar-refractivity contribution in [1.82, 2.24) is 4.98 Å². The van der Waals surface area contributed by atoms with Gasteiger partial charge in [-0.2, -0.15) is 0 Å². The summed E-state index contributed by atoms with van der Waals surface area (Å²) in [5.41, 5.74) is 13.0. The highest BCUT2D eigenvalue weighted by Gasteiger charge is 2.39. The van der Waals surface area contributed by atoms with Gasteiger partial charge >= 0.3 is 0 Å². The van der Waals surface area contributed by atoms with Crippen LogP contribution in [-0.4, -0.2) is 4.98 Å². The van der Waals surface area contributed by atoms with Crippen LogP contribution in [0.4, 0.5) is 0 Å². The van der Waals surface area contributed by atoms with Gasteiger partial charge in [0.15, 0.2) is 0 Å². The standard InChI is InChI=1S/C37H31NS/c1-22-16-18-27-29(20-22)34(23-17-19-31-28(21-23)24-10-6-7-13-30(24)37(31,2)3)25-11-4-5-12-26(25)35(27)36-38-32-14-8-9-15-33(32)39-36/h4-5,7-9,11-16,18,20-21H,6,10,17,19H2,1-3H3. The molecule has 1 heterocycles. The number of hydrogen-bond donors (Lipinski definition) is 0. The van der Waals surface area contributed by atoms with E-state index in [1.807, 2.05) is 0 Å². The molecule has 39 heavy (non-hydrogen) atoms. The molecule has 2 heteroatoms. The Hall–Kier alpha value is -3.75. The number of thiazole rings is 1. The number of aryl methyl sites for hydroxylation is 1. The van der Waals surface area contributed by atoms with Crippen LogP contribution in [0.15, 0.2) is 107 Å². The van der Waals surface area contributed by atoms with Crippen LogP contribution in [0, 0.1) is 12.3 Å². The summed E-state index contributed by atoms with van der Waals surface area (Å²) < 4.78 is 1.24. The summed E-state index contributed by atoms with van der Waals surface area (Å²) >= 11 is 1.80. The number of allylic oxidation sites excluding steroid dienone is 8.